The van der Waals surface area contributed by atoms with Gasteiger partial charge in [-0.1, -0.05) is 12.1 Å². The first-order valence-corrected chi connectivity index (χ1v) is 6.69. The van der Waals surface area contributed by atoms with Crippen LogP contribution in [-0.2, 0) is 6.54 Å². The predicted octanol–water partition coefficient (Wildman–Crippen LogP) is 3.84. The Morgan fingerprint density at radius 1 is 1.21 bits per heavy atom. The summed E-state index contributed by atoms with van der Waals surface area (Å²) in [6.07, 6.45) is 1.73. The lowest BCUT2D eigenvalue weighted by molar-refractivity contribution is 0.340. The van der Waals surface area contributed by atoms with E-state index in [-0.39, 0.29) is 6.04 Å². The van der Waals surface area contributed by atoms with E-state index in [0.717, 1.165) is 18.1 Å². The molecule has 102 valence electrons. The van der Waals surface area contributed by atoms with Crippen molar-refractivity contribution in [2.75, 3.05) is 6.61 Å². The van der Waals surface area contributed by atoms with Gasteiger partial charge in [-0.05, 0) is 50.1 Å². The molecule has 0 spiro atoms. The van der Waals surface area contributed by atoms with Gasteiger partial charge >= 0.3 is 0 Å². The van der Waals surface area contributed by atoms with E-state index in [2.05, 4.69) is 31.3 Å². The van der Waals surface area contributed by atoms with Gasteiger partial charge in [-0.25, -0.2) is 0 Å². The minimum absolute atomic E-state index is 0.278. The van der Waals surface area contributed by atoms with Crippen LogP contribution < -0.4 is 10.1 Å². The molecule has 0 bridgehead atoms. The maximum Gasteiger partial charge on any atom is 0.120 e. The van der Waals surface area contributed by atoms with Gasteiger partial charge in [0.15, 0.2) is 0 Å². The zero-order valence-corrected chi connectivity index (χ0v) is 11.8. The van der Waals surface area contributed by atoms with Gasteiger partial charge in [0.25, 0.3) is 0 Å². The predicted molar refractivity (Wildman–Crippen MR) is 76.3 cm³/mol. The molecule has 2 aromatic rings. The minimum Gasteiger partial charge on any atom is -0.494 e. The molecular weight excluding hydrogens is 238 g/mol. The summed E-state index contributed by atoms with van der Waals surface area (Å²) in [4.78, 5) is 0. The van der Waals surface area contributed by atoms with Gasteiger partial charge in [0, 0.05) is 6.04 Å². The number of rotatable bonds is 6. The van der Waals surface area contributed by atoms with E-state index < -0.39 is 0 Å². The maximum absolute atomic E-state index is 5.44. The second-order valence-corrected chi connectivity index (χ2v) is 4.63. The second kappa shape index (κ2) is 6.43. The molecule has 3 nitrogen and oxygen atoms in total. The Bertz CT molecular complexity index is 502. The van der Waals surface area contributed by atoms with Crippen molar-refractivity contribution in [3.8, 4) is 5.75 Å². The summed E-state index contributed by atoms with van der Waals surface area (Å²) in [7, 11) is 0. The minimum atomic E-state index is 0.278. The van der Waals surface area contributed by atoms with Crippen LogP contribution >= 0.6 is 0 Å². The monoisotopic (exact) mass is 259 g/mol. The molecule has 3 heteroatoms. The van der Waals surface area contributed by atoms with Crippen molar-refractivity contribution < 1.29 is 9.15 Å². The topological polar surface area (TPSA) is 34.4 Å². The Kier molecular flexibility index (Phi) is 4.63. The highest BCUT2D eigenvalue weighted by atomic mass is 16.5. The average molecular weight is 259 g/mol. The third kappa shape index (κ3) is 3.61. The fourth-order valence-electron chi connectivity index (χ4n) is 1.97. The van der Waals surface area contributed by atoms with E-state index in [9.17, 15) is 0 Å². The van der Waals surface area contributed by atoms with Crippen LogP contribution in [0, 0.1) is 6.92 Å². The van der Waals surface area contributed by atoms with Crippen molar-refractivity contribution in [2.24, 2.45) is 0 Å². The van der Waals surface area contributed by atoms with E-state index in [1.807, 2.05) is 25.1 Å². The number of furan rings is 1. The quantitative estimate of drug-likeness (QED) is 0.856. The van der Waals surface area contributed by atoms with Crippen molar-refractivity contribution >= 4 is 0 Å². The highest BCUT2D eigenvalue weighted by Gasteiger charge is 2.07. The fraction of sp³-hybridized carbons (Fsp3) is 0.375. The van der Waals surface area contributed by atoms with Crippen molar-refractivity contribution in [2.45, 2.75) is 33.4 Å². The number of benzene rings is 1. The zero-order valence-electron chi connectivity index (χ0n) is 11.8. The Balaban J connectivity index is 1.92. The molecule has 0 saturated carbocycles. The average Bonchev–Trinajstić information content (AvgIpc) is 2.83. The molecule has 19 heavy (non-hydrogen) atoms. The van der Waals surface area contributed by atoms with Crippen molar-refractivity contribution in [1.29, 1.82) is 0 Å². The van der Waals surface area contributed by atoms with Gasteiger partial charge in [0.1, 0.15) is 11.5 Å². The molecule has 0 aliphatic rings. The van der Waals surface area contributed by atoms with Gasteiger partial charge in [-0.15, -0.1) is 0 Å². The van der Waals surface area contributed by atoms with E-state index in [4.69, 9.17) is 9.15 Å². The van der Waals surface area contributed by atoms with Crippen LogP contribution in [0.4, 0.5) is 0 Å². The zero-order chi connectivity index (χ0) is 13.7. The van der Waals surface area contributed by atoms with Crippen molar-refractivity contribution in [3.63, 3.8) is 0 Å². The molecule has 2 rings (SSSR count). The molecule has 1 aromatic heterocycles. The summed E-state index contributed by atoms with van der Waals surface area (Å²) in [6.45, 7) is 7.64. The van der Waals surface area contributed by atoms with Crippen molar-refractivity contribution in [1.82, 2.24) is 5.32 Å². The number of aryl methyl sites for hydroxylation is 1. The highest BCUT2D eigenvalue weighted by molar-refractivity contribution is 5.29. The first-order valence-electron chi connectivity index (χ1n) is 6.69. The first kappa shape index (κ1) is 13.7. The number of hydrogen-bond donors (Lipinski definition) is 1. The molecule has 0 aliphatic carbocycles. The fourth-order valence-corrected chi connectivity index (χ4v) is 1.97. The maximum atomic E-state index is 5.44. The molecule has 1 N–H and O–H groups in total. The summed E-state index contributed by atoms with van der Waals surface area (Å²) in [5.74, 6) is 1.91. The highest BCUT2D eigenvalue weighted by Crippen LogP contribution is 2.18. The third-order valence-corrected chi connectivity index (χ3v) is 3.23. The lowest BCUT2D eigenvalue weighted by Crippen LogP contribution is -2.18. The molecule has 1 heterocycles. The van der Waals surface area contributed by atoms with Crippen LogP contribution in [0.3, 0.4) is 0 Å². The van der Waals surface area contributed by atoms with Gasteiger partial charge in [-0.2, -0.15) is 0 Å². The molecule has 0 radical (unpaired) electrons. The van der Waals surface area contributed by atoms with Crippen LogP contribution in [0.2, 0.25) is 0 Å². The Morgan fingerprint density at radius 2 is 1.95 bits per heavy atom. The first-order chi connectivity index (χ1) is 9.20. The van der Waals surface area contributed by atoms with Crippen molar-refractivity contribution in [3.05, 3.63) is 53.5 Å². The molecule has 0 fully saturated rings. The molecule has 0 aliphatic heterocycles. The third-order valence-electron chi connectivity index (χ3n) is 3.23. The Labute approximate surface area is 114 Å². The number of nitrogens with one attached hydrogen (secondary N) is 1. The summed E-state index contributed by atoms with van der Waals surface area (Å²) in [5, 5.41) is 3.46. The van der Waals surface area contributed by atoms with Crippen LogP contribution in [0.1, 0.15) is 36.8 Å². The van der Waals surface area contributed by atoms with Gasteiger partial charge < -0.3 is 14.5 Å². The molecule has 0 amide bonds. The van der Waals surface area contributed by atoms with Gasteiger partial charge in [0.05, 0.1) is 19.4 Å². The standard InChI is InChI=1S/C16H21NO2/c1-4-18-15-7-5-14(6-8-15)13(3)17-11-16-12(2)9-10-19-16/h5-10,13,17H,4,11H2,1-3H3. The SMILES string of the molecule is CCOc1ccc(C(C)NCc2occc2C)cc1. The van der Waals surface area contributed by atoms with Gasteiger partial charge in [0.2, 0.25) is 0 Å². The second-order valence-electron chi connectivity index (χ2n) is 4.63. The molecule has 0 saturated heterocycles. The molecular formula is C16H21NO2. The van der Waals surface area contributed by atoms with Crippen LogP contribution in [0.15, 0.2) is 41.0 Å². The van der Waals surface area contributed by atoms with Crippen LogP contribution in [-0.4, -0.2) is 6.61 Å². The van der Waals surface area contributed by atoms with E-state index in [1.54, 1.807) is 6.26 Å². The summed E-state index contributed by atoms with van der Waals surface area (Å²) < 4.78 is 10.9. The molecule has 1 aromatic carbocycles. The van der Waals surface area contributed by atoms with Crippen LogP contribution in [0.5, 0.6) is 5.75 Å². The lowest BCUT2D eigenvalue weighted by Gasteiger charge is -2.14. The summed E-state index contributed by atoms with van der Waals surface area (Å²) >= 11 is 0. The lowest BCUT2D eigenvalue weighted by atomic mass is 10.1. The van der Waals surface area contributed by atoms with Crippen LogP contribution in [0.25, 0.3) is 0 Å². The van der Waals surface area contributed by atoms with E-state index in [1.165, 1.54) is 11.1 Å². The largest absolute Gasteiger partial charge is 0.494 e. The van der Waals surface area contributed by atoms with E-state index >= 15 is 0 Å². The van der Waals surface area contributed by atoms with E-state index in [0.29, 0.717) is 6.61 Å². The summed E-state index contributed by atoms with van der Waals surface area (Å²) in [5.41, 5.74) is 2.43. The molecule has 1 unspecified atom stereocenters. The smallest absolute Gasteiger partial charge is 0.120 e. The van der Waals surface area contributed by atoms with Gasteiger partial charge in [-0.3, -0.25) is 0 Å². The Morgan fingerprint density at radius 3 is 2.53 bits per heavy atom. The summed E-state index contributed by atoms with van der Waals surface area (Å²) in [6, 6.07) is 10.5. The Hall–Kier alpha value is -1.74. The number of ether oxygens (including phenoxy) is 1. The molecule has 1 atom stereocenters. The normalized spacial score (nSPS) is 12.4. The number of hydrogen-bond acceptors (Lipinski definition) is 3.